The molecule has 0 aliphatic carbocycles. The van der Waals surface area contributed by atoms with E-state index in [1.807, 2.05) is 13.8 Å². The number of aromatic nitrogens is 4. The van der Waals surface area contributed by atoms with Crippen molar-refractivity contribution in [2.24, 2.45) is 5.92 Å². The van der Waals surface area contributed by atoms with Crippen LogP contribution in [0, 0.1) is 19.8 Å². The molecule has 2 aromatic heterocycles. The van der Waals surface area contributed by atoms with Crippen LogP contribution >= 0.6 is 0 Å². The minimum absolute atomic E-state index is 0.0414. The van der Waals surface area contributed by atoms with Gasteiger partial charge in [0, 0.05) is 23.5 Å². The predicted octanol–water partition coefficient (Wildman–Crippen LogP) is 0.989. The number of ether oxygens (including phenoxy) is 1. The lowest BCUT2D eigenvalue weighted by Crippen LogP contribution is -2.30. The monoisotopic (exact) mass is 333 g/mol. The molecule has 24 heavy (non-hydrogen) atoms. The number of fused-ring (bicyclic) bond motifs is 1. The fraction of sp³-hybridized carbons (Fsp3) is 0.562. The van der Waals surface area contributed by atoms with Crippen molar-refractivity contribution in [2.45, 2.75) is 40.5 Å². The van der Waals surface area contributed by atoms with Crippen molar-refractivity contribution in [3.63, 3.8) is 0 Å². The molecule has 1 amide bonds. The van der Waals surface area contributed by atoms with Crippen LogP contribution in [0.4, 0.5) is 0 Å². The van der Waals surface area contributed by atoms with Crippen molar-refractivity contribution in [1.82, 2.24) is 24.9 Å². The minimum atomic E-state index is -0.471. The first-order valence-corrected chi connectivity index (χ1v) is 7.96. The van der Waals surface area contributed by atoms with E-state index in [-0.39, 0.29) is 18.9 Å². The number of nitrogens with zero attached hydrogens (tertiary/aromatic N) is 4. The molecule has 0 radical (unpaired) electrons. The summed E-state index contributed by atoms with van der Waals surface area (Å²) in [6.45, 7) is 8.13. The molecule has 8 heteroatoms. The second-order valence-electron chi connectivity index (χ2n) is 6.10. The van der Waals surface area contributed by atoms with Crippen LogP contribution in [0.1, 0.15) is 37.2 Å². The zero-order valence-electron chi connectivity index (χ0n) is 14.5. The van der Waals surface area contributed by atoms with Crippen LogP contribution in [-0.4, -0.2) is 44.6 Å². The summed E-state index contributed by atoms with van der Waals surface area (Å²) in [7, 11) is 0. The predicted molar refractivity (Wildman–Crippen MR) is 87.4 cm³/mol. The number of hydrogen-bond donors (Lipinski definition) is 1. The quantitative estimate of drug-likeness (QED) is 0.759. The van der Waals surface area contributed by atoms with Gasteiger partial charge in [-0.1, -0.05) is 13.8 Å². The summed E-state index contributed by atoms with van der Waals surface area (Å²) in [6, 6.07) is 0. The standard InChI is InChI=1S/C16H23N5O3/c1-10(2)5-6-17-14(22)8-24-15(23)7-13-11(3)20-16-18-9-19-21(16)12(13)4/h9-10H,5-8H2,1-4H3,(H,17,22). The average Bonchev–Trinajstić information content (AvgIpc) is 2.97. The van der Waals surface area contributed by atoms with Gasteiger partial charge in [-0.25, -0.2) is 9.50 Å². The highest BCUT2D eigenvalue weighted by Crippen LogP contribution is 2.14. The van der Waals surface area contributed by atoms with Crippen molar-refractivity contribution in [1.29, 1.82) is 0 Å². The number of carbonyl (C=O) groups is 2. The molecule has 0 aromatic carbocycles. The maximum Gasteiger partial charge on any atom is 0.310 e. The number of hydrogen-bond acceptors (Lipinski definition) is 6. The van der Waals surface area contributed by atoms with Crippen LogP contribution in [0.5, 0.6) is 0 Å². The van der Waals surface area contributed by atoms with E-state index in [1.165, 1.54) is 6.33 Å². The molecule has 0 spiro atoms. The molecule has 0 bridgehead atoms. The van der Waals surface area contributed by atoms with E-state index in [4.69, 9.17) is 4.74 Å². The normalized spacial score (nSPS) is 11.0. The SMILES string of the molecule is Cc1nc2ncnn2c(C)c1CC(=O)OCC(=O)NCCC(C)C. The summed E-state index contributed by atoms with van der Waals surface area (Å²) < 4.78 is 6.62. The number of amides is 1. The van der Waals surface area contributed by atoms with Crippen LogP contribution < -0.4 is 5.32 Å². The van der Waals surface area contributed by atoms with E-state index in [0.717, 1.165) is 17.7 Å². The van der Waals surface area contributed by atoms with Gasteiger partial charge in [-0.2, -0.15) is 10.1 Å². The Kier molecular flexibility index (Phi) is 5.83. The van der Waals surface area contributed by atoms with Crippen molar-refractivity contribution < 1.29 is 14.3 Å². The van der Waals surface area contributed by atoms with Gasteiger partial charge in [-0.05, 0) is 26.2 Å². The van der Waals surface area contributed by atoms with Crippen LogP contribution in [-0.2, 0) is 20.7 Å². The Morgan fingerprint density at radius 1 is 1.33 bits per heavy atom. The van der Waals surface area contributed by atoms with Crippen LogP contribution in [0.2, 0.25) is 0 Å². The van der Waals surface area contributed by atoms with E-state index in [9.17, 15) is 9.59 Å². The second kappa shape index (κ2) is 7.85. The van der Waals surface area contributed by atoms with Crippen LogP contribution in [0.15, 0.2) is 6.33 Å². The number of esters is 1. The van der Waals surface area contributed by atoms with E-state index >= 15 is 0 Å². The summed E-state index contributed by atoms with van der Waals surface area (Å²) >= 11 is 0. The fourth-order valence-corrected chi connectivity index (χ4v) is 2.30. The first-order valence-electron chi connectivity index (χ1n) is 7.96. The van der Waals surface area contributed by atoms with Gasteiger partial charge in [0.1, 0.15) is 6.33 Å². The molecular formula is C16H23N5O3. The Morgan fingerprint density at radius 2 is 2.08 bits per heavy atom. The second-order valence-corrected chi connectivity index (χ2v) is 6.10. The Morgan fingerprint density at radius 3 is 2.79 bits per heavy atom. The molecule has 0 fully saturated rings. The molecule has 2 heterocycles. The summed E-state index contributed by atoms with van der Waals surface area (Å²) in [5.41, 5.74) is 2.22. The summed E-state index contributed by atoms with van der Waals surface area (Å²) in [5.74, 6) is 0.244. The molecule has 2 aromatic rings. The first-order chi connectivity index (χ1) is 11.4. The summed E-state index contributed by atoms with van der Waals surface area (Å²) in [4.78, 5) is 32.0. The lowest BCUT2D eigenvalue weighted by Gasteiger charge is -2.11. The van der Waals surface area contributed by atoms with Crippen molar-refractivity contribution in [2.75, 3.05) is 13.2 Å². The summed E-state index contributed by atoms with van der Waals surface area (Å²) in [6.07, 6.45) is 2.35. The van der Waals surface area contributed by atoms with Gasteiger partial charge in [0.15, 0.2) is 6.61 Å². The van der Waals surface area contributed by atoms with Crippen molar-refractivity contribution in [3.8, 4) is 0 Å². The third kappa shape index (κ3) is 4.50. The molecule has 0 saturated heterocycles. The van der Waals surface area contributed by atoms with Gasteiger partial charge in [0.05, 0.1) is 6.42 Å². The molecule has 0 aliphatic rings. The van der Waals surface area contributed by atoms with E-state index in [1.54, 1.807) is 4.52 Å². The molecule has 8 nitrogen and oxygen atoms in total. The third-order valence-electron chi connectivity index (χ3n) is 3.72. The van der Waals surface area contributed by atoms with E-state index in [0.29, 0.717) is 23.9 Å². The maximum absolute atomic E-state index is 12.0. The number of nitrogens with one attached hydrogen (secondary N) is 1. The van der Waals surface area contributed by atoms with Gasteiger partial charge in [0.25, 0.3) is 11.7 Å². The maximum atomic E-state index is 12.0. The van der Waals surface area contributed by atoms with Gasteiger partial charge >= 0.3 is 5.97 Å². The minimum Gasteiger partial charge on any atom is -0.455 e. The largest absolute Gasteiger partial charge is 0.455 e. The molecule has 1 N–H and O–H groups in total. The number of aryl methyl sites for hydroxylation is 2. The first kappa shape index (κ1) is 17.8. The summed E-state index contributed by atoms with van der Waals surface area (Å²) in [5, 5.41) is 6.80. The molecule has 0 unspecified atom stereocenters. The molecule has 0 atom stereocenters. The van der Waals surface area contributed by atoms with E-state index in [2.05, 4.69) is 34.2 Å². The Labute approximate surface area is 140 Å². The smallest absolute Gasteiger partial charge is 0.310 e. The van der Waals surface area contributed by atoms with Crippen molar-refractivity contribution in [3.05, 3.63) is 23.3 Å². The Bertz CT molecular complexity index is 739. The van der Waals surface area contributed by atoms with Gasteiger partial charge in [-0.15, -0.1) is 0 Å². The molecule has 130 valence electrons. The lowest BCUT2D eigenvalue weighted by molar-refractivity contribution is -0.147. The lowest BCUT2D eigenvalue weighted by atomic mass is 10.1. The topological polar surface area (TPSA) is 98.5 Å². The van der Waals surface area contributed by atoms with Crippen LogP contribution in [0.25, 0.3) is 5.78 Å². The molecular weight excluding hydrogens is 310 g/mol. The Hall–Kier alpha value is -2.51. The molecule has 0 saturated carbocycles. The van der Waals surface area contributed by atoms with E-state index < -0.39 is 5.97 Å². The number of carbonyl (C=O) groups excluding carboxylic acids is 2. The highest BCUT2D eigenvalue weighted by molar-refractivity contribution is 5.81. The average molecular weight is 333 g/mol. The zero-order valence-corrected chi connectivity index (χ0v) is 14.5. The molecule has 2 rings (SSSR count). The van der Waals surface area contributed by atoms with Crippen LogP contribution in [0.3, 0.4) is 0 Å². The fourth-order valence-electron chi connectivity index (χ4n) is 2.30. The molecule has 0 aliphatic heterocycles. The number of rotatable bonds is 7. The zero-order chi connectivity index (χ0) is 17.7. The van der Waals surface area contributed by atoms with Crippen molar-refractivity contribution >= 4 is 17.7 Å². The highest BCUT2D eigenvalue weighted by atomic mass is 16.5. The third-order valence-corrected chi connectivity index (χ3v) is 3.72. The highest BCUT2D eigenvalue weighted by Gasteiger charge is 2.16. The van der Waals surface area contributed by atoms with Gasteiger partial charge in [0.2, 0.25) is 0 Å². The van der Waals surface area contributed by atoms with Gasteiger partial charge < -0.3 is 10.1 Å². The van der Waals surface area contributed by atoms with Gasteiger partial charge in [-0.3, -0.25) is 9.59 Å². The Balaban J connectivity index is 1.90.